The van der Waals surface area contributed by atoms with Crippen LogP contribution in [0, 0.1) is 5.92 Å². The fraction of sp³-hybridized carbons (Fsp3) is 0.269. The van der Waals surface area contributed by atoms with E-state index in [9.17, 15) is 9.90 Å². The van der Waals surface area contributed by atoms with Gasteiger partial charge in [-0.2, -0.15) is 0 Å². The summed E-state index contributed by atoms with van der Waals surface area (Å²) >= 11 is 1.75. The number of nitrogens with zero attached hydrogens (tertiary/aromatic N) is 3. The van der Waals surface area contributed by atoms with Crippen LogP contribution in [0.25, 0.3) is 0 Å². The van der Waals surface area contributed by atoms with E-state index in [4.69, 9.17) is 9.73 Å². The molecule has 2 aliphatic heterocycles. The summed E-state index contributed by atoms with van der Waals surface area (Å²) in [6, 6.07) is 21.9. The highest BCUT2D eigenvalue weighted by molar-refractivity contribution is 8.14. The SMILES string of the molecule is O=C(O)C1CCN(C2=NC(c3ccc(Oc4ccccc4)cc3)C(c3cccnc3)S2)CC1. The van der Waals surface area contributed by atoms with Gasteiger partial charge >= 0.3 is 5.97 Å². The molecule has 0 amide bonds. The highest BCUT2D eigenvalue weighted by Crippen LogP contribution is 2.49. The third-order valence-corrected chi connectivity index (χ3v) is 7.46. The van der Waals surface area contributed by atoms with Crippen LogP contribution in [0.5, 0.6) is 11.5 Å². The van der Waals surface area contributed by atoms with Crippen molar-refractivity contribution in [3.63, 3.8) is 0 Å². The number of aliphatic carboxylic acids is 1. The van der Waals surface area contributed by atoms with E-state index in [0.29, 0.717) is 12.8 Å². The number of hydrogen-bond acceptors (Lipinski definition) is 6. The Bertz CT molecular complexity index is 1110. The Hall–Kier alpha value is -3.32. The molecule has 2 aromatic carbocycles. The third kappa shape index (κ3) is 4.88. The molecule has 5 rings (SSSR count). The lowest BCUT2D eigenvalue weighted by molar-refractivity contribution is -0.143. The van der Waals surface area contributed by atoms with Crippen molar-refractivity contribution in [2.45, 2.75) is 24.1 Å². The molecule has 0 aliphatic carbocycles. The third-order valence-electron chi connectivity index (χ3n) is 6.10. The van der Waals surface area contributed by atoms with Crippen LogP contribution in [-0.4, -0.2) is 39.2 Å². The van der Waals surface area contributed by atoms with Crippen LogP contribution in [0.1, 0.15) is 35.3 Å². The van der Waals surface area contributed by atoms with Crippen LogP contribution in [0.4, 0.5) is 0 Å². The Morgan fingerprint density at radius 1 is 0.939 bits per heavy atom. The van der Waals surface area contributed by atoms with Crippen molar-refractivity contribution in [1.29, 1.82) is 0 Å². The van der Waals surface area contributed by atoms with E-state index >= 15 is 0 Å². The molecule has 3 aromatic rings. The molecule has 3 heterocycles. The van der Waals surface area contributed by atoms with E-state index in [-0.39, 0.29) is 17.2 Å². The number of carboxylic acids is 1. The molecule has 33 heavy (non-hydrogen) atoms. The maximum absolute atomic E-state index is 11.3. The number of rotatable bonds is 5. The largest absolute Gasteiger partial charge is 0.481 e. The lowest BCUT2D eigenvalue weighted by atomic mass is 9.97. The first-order valence-corrected chi connectivity index (χ1v) is 12.0. The molecule has 1 aromatic heterocycles. The second kappa shape index (κ2) is 9.67. The smallest absolute Gasteiger partial charge is 0.306 e. The van der Waals surface area contributed by atoms with Crippen LogP contribution < -0.4 is 4.74 Å². The second-order valence-corrected chi connectivity index (χ2v) is 9.37. The number of aromatic nitrogens is 1. The fourth-order valence-corrected chi connectivity index (χ4v) is 5.63. The molecule has 1 fully saturated rings. The molecule has 0 bridgehead atoms. The minimum Gasteiger partial charge on any atom is -0.481 e. The zero-order valence-electron chi connectivity index (χ0n) is 18.1. The van der Waals surface area contributed by atoms with Gasteiger partial charge in [0, 0.05) is 25.5 Å². The van der Waals surface area contributed by atoms with Crippen molar-refractivity contribution in [3.05, 3.63) is 90.3 Å². The quantitative estimate of drug-likeness (QED) is 0.539. The van der Waals surface area contributed by atoms with E-state index in [0.717, 1.165) is 40.9 Å². The average Bonchev–Trinajstić information content (AvgIpc) is 3.31. The number of thioether (sulfide) groups is 1. The molecule has 2 aliphatic rings. The molecule has 2 atom stereocenters. The van der Waals surface area contributed by atoms with Crippen molar-refractivity contribution >= 4 is 22.9 Å². The highest BCUT2D eigenvalue weighted by atomic mass is 32.2. The highest BCUT2D eigenvalue weighted by Gasteiger charge is 2.36. The van der Waals surface area contributed by atoms with Crippen LogP contribution in [0.2, 0.25) is 0 Å². The van der Waals surface area contributed by atoms with E-state index in [2.05, 4.69) is 28.1 Å². The number of likely N-dealkylation sites (tertiary alicyclic amines) is 1. The van der Waals surface area contributed by atoms with Crippen molar-refractivity contribution in [2.75, 3.05) is 13.1 Å². The van der Waals surface area contributed by atoms with Crippen LogP contribution in [0.15, 0.2) is 84.1 Å². The number of ether oxygens (including phenoxy) is 1. The molecule has 0 radical (unpaired) electrons. The average molecular weight is 460 g/mol. The van der Waals surface area contributed by atoms with Gasteiger partial charge in [-0.25, -0.2) is 0 Å². The van der Waals surface area contributed by atoms with E-state index < -0.39 is 5.97 Å². The number of piperidine rings is 1. The van der Waals surface area contributed by atoms with E-state index in [1.165, 1.54) is 0 Å². The van der Waals surface area contributed by atoms with Gasteiger partial charge in [0.15, 0.2) is 5.17 Å². The van der Waals surface area contributed by atoms with Crippen molar-refractivity contribution in [2.24, 2.45) is 10.9 Å². The number of hydrogen-bond donors (Lipinski definition) is 1. The summed E-state index contributed by atoms with van der Waals surface area (Å²) in [5, 5.41) is 10.4. The summed E-state index contributed by atoms with van der Waals surface area (Å²) in [6.07, 6.45) is 5.00. The number of amidine groups is 1. The summed E-state index contributed by atoms with van der Waals surface area (Å²) in [7, 11) is 0. The van der Waals surface area contributed by atoms with Gasteiger partial charge in [0.05, 0.1) is 17.2 Å². The summed E-state index contributed by atoms with van der Waals surface area (Å²) in [4.78, 5) is 23.0. The van der Waals surface area contributed by atoms with Crippen molar-refractivity contribution < 1.29 is 14.6 Å². The molecule has 0 saturated carbocycles. The minimum absolute atomic E-state index is 0.0443. The van der Waals surface area contributed by atoms with Gasteiger partial charge in [0.1, 0.15) is 11.5 Å². The summed E-state index contributed by atoms with van der Waals surface area (Å²) in [5.41, 5.74) is 2.25. The molecule has 7 heteroatoms. The molecule has 168 valence electrons. The first-order valence-electron chi connectivity index (χ1n) is 11.1. The first kappa shape index (κ1) is 21.5. The topological polar surface area (TPSA) is 75.0 Å². The Kier molecular flexibility index (Phi) is 6.30. The number of aliphatic imine (C=N–C) groups is 1. The predicted octanol–water partition coefficient (Wildman–Crippen LogP) is 5.56. The molecule has 6 nitrogen and oxygen atoms in total. The predicted molar refractivity (Wildman–Crippen MR) is 130 cm³/mol. The fourth-order valence-electron chi connectivity index (χ4n) is 4.27. The standard InChI is InChI=1S/C26H25N3O3S/c30-25(31)19-12-15-29(16-13-19)26-28-23(24(33-26)20-5-4-14-27-17-20)18-8-10-22(11-9-18)32-21-6-2-1-3-7-21/h1-11,14,17,19,23-24H,12-13,15-16H2,(H,30,31). The number of carbonyl (C=O) groups is 1. The van der Waals surface area contributed by atoms with Crippen molar-refractivity contribution in [3.8, 4) is 11.5 Å². The van der Waals surface area contributed by atoms with Gasteiger partial charge in [-0.3, -0.25) is 14.8 Å². The van der Waals surface area contributed by atoms with Gasteiger partial charge in [0.25, 0.3) is 0 Å². The van der Waals surface area contributed by atoms with Crippen LogP contribution in [-0.2, 0) is 4.79 Å². The molecule has 1 N–H and O–H groups in total. The summed E-state index contributed by atoms with van der Waals surface area (Å²) in [6.45, 7) is 1.44. The zero-order valence-corrected chi connectivity index (χ0v) is 18.9. The number of pyridine rings is 1. The lowest BCUT2D eigenvalue weighted by Gasteiger charge is -2.31. The Labute approximate surface area is 197 Å². The van der Waals surface area contributed by atoms with Gasteiger partial charge in [-0.05, 0) is 54.3 Å². The van der Waals surface area contributed by atoms with Gasteiger partial charge in [-0.1, -0.05) is 48.2 Å². The number of para-hydroxylation sites is 1. The molecule has 0 spiro atoms. The second-order valence-electron chi connectivity index (χ2n) is 8.27. The molecular weight excluding hydrogens is 434 g/mol. The van der Waals surface area contributed by atoms with Crippen LogP contribution in [0.3, 0.4) is 0 Å². The molecule has 1 saturated heterocycles. The Morgan fingerprint density at radius 2 is 1.67 bits per heavy atom. The Morgan fingerprint density at radius 3 is 2.33 bits per heavy atom. The first-order chi connectivity index (χ1) is 16.2. The van der Waals surface area contributed by atoms with Gasteiger partial charge in [-0.15, -0.1) is 0 Å². The van der Waals surface area contributed by atoms with Crippen molar-refractivity contribution in [1.82, 2.24) is 9.88 Å². The number of benzene rings is 2. The Balaban J connectivity index is 1.37. The lowest BCUT2D eigenvalue weighted by Crippen LogP contribution is -2.38. The zero-order chi connectivity index (χ0) is 22.6. The maximum Gasteiger partial charge on any atom is 0.306 e. The molecule has 2 unspecified atom stereocenters. The normalized spacial score (nSPS) is 21.0. The van der Waals surface area contributed by atoms with E-state index in [1.54, 1.807) is 18.0 Å². The minimum atomic E-state index is -0.695. The number of carboxylic acid groups (broad SMARTS) is 1. The van der Waals surface area contributed by atoms with Gasteiger partial charge < -0.3 is 14.7 Å². The monoisotopic (exact) mass is 459 g/mol. The summed E-state index contributed by atoms with van der Waals surface area (Å²) in [5.74, 6) is 0.642. The van der Waals surface area contributed by atoms with Crippen LogP contribution >= 0.6 is 11.8 Å². The van der Waals surface area contributed by atoms with Gasteiger partial charge in [0.2, 0.25) is 0 Å². The maximum atomic E-state index is 11.3. The molecular formula is C26H25N3O3S. The summed E-state index contributed by atoms with van der Waals surface area (Å²) < 4.78 is 5.95. The van der Waals surface area contributed by atoms with E-state index in [1.807, 2.05) is 54.7 Å².